The third kappa shape index (κ3) is 6.50. The van der Waals surface area contributed by atoms with Crippen LogP contribution in [-0.4, -0.2) is 24.7 Å². The maximum absolute atomic E-state index is 6.47. The van der Waals surface area contributed by atoms with Crippen LogP contribution in [0, 0.1) is 18.8 Å². The molecule has 244 valence electrons. The van der Waals surface area contributed by atoms with Crippen LogP contribution in [0.2, 0.25) is 0 Å². The molecule has 0 saturated heterocycles. The van der Waals surface area contributed by atoms with Crippen molar-refractivity contribution in [1.29, 1.82) is 0 Å². The van der Waals surface area contributed by atoms with E-state index < -0.39 is 0 Å². The van der Waals surface area contributed by atoms with Crippen LogP contribution in [0.25, 0.3) is 45.2 Å². The Labute approximate surface area is 300 Å². The SMILES string of the molecule is CC(C)(C)c1ccnc(-c2[c-]c(Oc3[c-]c(N4[CH-]n5nc(-c6ccccc6)nc5-c5ccccc54)cc(-c4ccccc4)c3)cnc2)c1.[Pt]. The maximum atomic E-state index is 6.47. The summed E-state index contributed by atoms with van der Waals surface area (Å²) < 4.78 is 8.30. The van der Waals surface area contributed by atoms with Crippen LogP contribution in [0.4, 0.5) is 11.4 Å². The van der Waals surface area contributed by atoms with Gasteiger partial charge in [-0.15, -0.1) is 29.3 Å². The Bertz CT molecular complexity index is 2250. The van der Waals surface area contributed by atoms with Crippen molar-refractivity contribution >= 4 is 11.4 Å². The smallest absolute Gasteiger partial charge is 0.160 e. The third-order valence-corrected chi connectivity index (χ3v) is 8.26. The Morgan fingerprint density at radius 3 is 2.24 bits per heavy atom. The minimum Gasteiger partial charge on any atom is -0.501 e. The van der Waals surface area contributed by atoms with E-state index in [1.165, 1.54) is 5.56 Å². The number of fused-ring (bicyclic) bond motifs is 3. The van der Waals surface area contributed by atoms with Gasteiger partial charge < -0.3 is 29.3 Å². The van der Waals surface area contributed by atoms with Crippen LogP contribution in [0.1, 0.15) is 26.3 Å². The fourth-order valence-electron chi connectivity index (χ4n) is 5.77. The molecule has 7 aromatic rings. The fourth-order valence-corrected chi connectivity index (χ4v) is 5.77. The molecule has 0 atom stereocenters. The number of pyridine rings is 2. The van der Waals surface area contributed by atoms with Crippen LogP contribution in [-0.2, 0) is 26.5 Å². The number of rotatable bonds is 6. The summed E-state index contributed by atoms with van der Waals surface area (Å²) in [7, 11) is 0. The van der Waals surface area contributed by atoms with E-state index in [0.717, 1.165) is 50.7 Å². The van der Waals surface area contributed by atoms with E-state index in [0.29, 0.717) is 17.3 Å². The average molecular weight is 819 g/mol. The molecular weight excluding hydrogens is 788 g/mol. The number of aromatic nitrogens is 5. The van der Waals surface area contributed by atoms with Crippen molar-refractivity contribution in [2.45, 2.75) is 26.2 Å². The summed E-state index contributed by atoms with van der Waals surface area (Å²) in [4.78, 5) is 16.1. The van der Waals surface area contributed by atoms with Gasteiger partial charge in [-0.1, -0.05) is 130 Å². The molecule has 0 N–H and O–H groups in total. The van der Waals surface area contributed by atoms with Gasteiger partial charge in [-0.25, -0.2) is 0 Å². The first kappa shape index (κ1) is 32.0. The summed E-state index contributed by atoms with van der Waals surface area (Å²) in [6.45, 7) is 8.50. The number of hydrogen-bond donors (Lipinski definition) is 0. The molecule has 3 aromatic heterocycles. The molecule has 0 bridgehead atoms. The van der Waals surface area contributed by atoms with E-state index in [-0.39, 0.29) is 26.5 Å². The van der Waals surface area contributed by atoms with Crippen LogP contribution >= 0.6 is 0 Å². The Balaban J connectivity index is 0.00000378. The fraction of sp³-hybridized carbons (Fsp3) is 0.0976. The predicted molar refractivity (Wildman–Crippen MR) is 189 cm³/mol. The number of benzene rings is 4. The largest absolute Gasteiger partial charge is 0.501 e. The molecular formula is C41H31N6OPt-3. The Kier molecular flexibility index (Phi) is 8.62. The molecule has 0 aliphatic carbocycles. The first-order chi connectivity index (χ1) is 23.4. The molecule has 0 unspecified atom stereocenters. The summed E-state index contributed by atoms with van der Waals surface area (Å²) in [5, 5.41) is 4.87. The molecule has 4 heterocycles. The Morgan fingerprint density at radius 2 is 1.47 bits per heavy atom. The summed E-state index contributed by atoms with van der Waals surface area (Å²) >= 11 is 0. The van der Waals surface area contributed by atoms with Gasteiger partial charge in [-0.3, -0.25) is 0 Å². The van der Waals surface area contributed by atoms with Gasteiger partial charge in [0.1, 0.15) is 0 Å². The van der Waals surface area contributed by atoms with Gasteiger partial charge >= 0.3 is 0 Å². The van der Waals surface area contributed by atoms with E-state index in [2.05, 4.69) is 84.2 Å². The molecule has 0 fully saturated rings. The van der Waals surface area contributed by atoms with Gasteiger partial charge in [0.05, 0.1) is 5.75 Å². The van der Waals surface area contributed by atoms with Gasteiger partial charge in [-0.2, -0.15) is 5.10 Å². The zero-order valence-corrected chi connectivity index (χ0v) is 29.4. The minimum absolute atomic E-state index is 0. The zero-order chi connectivity index (χ0) is 32.7. The summed E-state index contributed by atoms with van der Waals surface area (Å²) in [6, 6.07) is 43.6. The van der Waals surface area contributed by atoms with E-state index in [1.807, 2.05) is 90.3 Å². The van der Waals surface area contributed by atoms with Crippen molar-refractivity contribution in [2.75, 3.05) is 4.90 Å². The van der Waals surface area contributed by atoms with Crippen molar-refractivity contribution in [3.63, 3.8) is 0 Å². The van der Waals surface area contributed by atoms with Gasteiger partial charge in [0.25, 0.3) is 0 Å². The average Bonchev–Trinajstić information content (AvgIpc) is 3.57. The Hall–Kier alpha value is -5.52. The second-order valence-electron chi connectivity index (χ2n) is 12.6. The quantitative estimate of drug-likeness (QED) is 0.156. The molecule has 8 rings (SSSR count). The standard InChI is InChI=1S/C41H31N6O.Pt/c1-41(2,3)32-18-19-43-37(23-32)31-22-35(26-42-25-31)48-34-21-30(28-12-6-4-7-13-28)20-33(24-34)46-27-47-40(36-16-10-11-17-38(36)46)44-39(45-47)29-14-8-5-9-15-29;/h4-21,23,25-27H,1-3H3;/q-3;. The van der Waals surface area contributed by atoms with E-state index in [4.69, 9.17) is 14.8 Å². The van der Waals surface area contributed by atoms with Crippen LogP contribution in [0.5, 0.6) is 11.5 Å². The zero-order valence-electron chi connectivity index (χ0n) is 27.1. The molecule has 1 aliphatic heterocycles. The van der Waals surface area contributed by atoms with E-state index in [9.17, 15) is 0 Å². The van der Waals surface area contributed by atoms with Gasteiger partial charge in [-0.05, 0) is 46.1 Å². The Morgan fingerprint density at radius 1 is 0.735 bits per heavy atom. The molecule has 0 saturated carbocycles. The van der Waals surface area contributed by atoms with Crippen molar-refractivity contribution in [2.24, 2.45) is 0 Å². The summed E-state index contributed by atoms with van der Waals surface area (Å²) in [5.41, 5.74) is 8.41. The molecule has 7 nitrogen and oxygen atoms in total. The van der Waals surface area contributed by atoms with Crippen LogP contribution < -0.4 is 9.64 Å². The number of nitrogens with zero attached hydrogens (tertiary/aromatic N) is 6. The summed E-state index contributed by atoms with van der Waals surface area (Å²) in [6.07, 6.45) is 5.25. The van der Waals surface area contributed by atoms with E-state index >= 15 is 0 Å². The molecule has 4 aromatic carbocycles. The number of ether oxygens (including phenoxy) is 1. The van der Waals surface area contributed by atoms with Crippen LogP contribution in [0.3, 0.4) is 0 Å². The van der Waals surface area contributed by atoms with Crippen molar-refractivity contribution in [3.8, 4) is 56.7 Å². The topological polar surface area (TPSA) is 69.0 Å². The first-order valence-corrected chi connectivity index (χ1v) is 15.8. The molecule has 8 heteroatoms. The van der Waals surface area contributed by atoms with Crippen molar-refractivity contribution in [1.82, 2.24) is 24.7 Å². The van der Waals surface area contributed by atoms with Crippen molar-refractivity contribution in [3.05, 3.63) is 152 Å². The second-order valence-corrected chi connectivity index (χ2v) is 12.6. The molecule has 49 heavy (non-hydrogen) atoms. The maximum Gasteiger partial charge on any atom is 0.160 e. The molecule has 0 radical (unpaired) electrons. The molecule has 0 amide bonds. The number of para-hydroxylation sites is 1. The monoisotopic (exact) mass is 818 g/mol. The first-order valence-electron chi connectivity index (χ1n) is 15.8. The van der Waals surface area contributed by atoms with Gasteiger partial charge in [0.2, 0.25) is 0 Å². The minimum atomic E-state index is -0.0112. The molecule has 0 spiro atoms. The molecule has 1 aliphatic rings. The number of anilines is 2. The normalized spacial score (nSPS) is 11.9. The van der Waals surface area contributed by atoms with Crippen molar-refractivity contribution < 1.29 is 25.8 Å². The second kappa shape index (κ2) is 13.2. The van der Waals surface area contributed by atoms with Crippen LogP contribution in [0.15, 0.2) is 128 Å². The van der Waals surface area contributed by atoms with Gasteiger partial charge in [0, 0.05) is 50.1 Å². The third-order valence-electron chi connectivity index (χ3n) is 8.26. The van der Waals surface area contributed by atoms with E-state index in [1.54, 1.807) is 12.4 Å². The van der Waals surface area contributed by atoms with Gasteiger partial charge in [0.15, 0.2) is 5.82 Å². The number of hydrogen-bond acceptors (Lipinski definition) is 6. The summed E-state index contributed by atoms with van der Waals surface area (Å²) in [5.74, 6) is 2.43. The predicted octanol–water partition coefficient (Wildman–Crippen LogP) is 9.54.